The Bertz CT molecular complexity index is 278. The van der Waals surface area contributed by atoms with Gasteiger partial charge in [-0.1, -0.05) is 20.8 Å². The second kappa shape index (κ2) is 8.37. The van der Waals surface area contributed by atoms with Gasteiger partial charge in [-0.2, -0.15) is 13.2 Å². The Balaban J connectivity index is 4.90. The van der Waals surface area contributed by atoms with Crippen molar-refractivity contribution in [1.29, 1.82) is 0 Å². The zero-order valence-corrected chi connectivity index (χ0v) is 14.5. The summed E-state index contributed by atoms with van der Waals surface area (Å²) in [6.07, 6.45) is -1.62. The third-order valence-corrected chi connectivity index (χ3v) is 4.00. The fraction of sp³-hybridized carbons (Fsp3) is 1.00. The van der Waals surface area contributed by atoms with E-state index in [0.717, 1.165) is 25.8 Å². The summed E-state index contributed by atoms with van der Waals surface area (Å²) in [6.45, 7) is 13.3. The Labute approximate surface area is 128 Å². The molecule has 0 saturated heterocycles. The number of hydrogen-bond donors (Lipinski definition) is 1. The summed E-state index contributed by atoms with van der Waals surface area (Å²) in [7, 11) is 0. The van der Waals surface area contributed by atoms with Gasteiger partial charge in [0.15, 0.2) is 0 Å². The average Bonchev–Trinajstić information content (AvgIpc) is 2.32. The van der Waals surface area contributed by atoms with Crippen LogP contribution in [0.25, 0.3) is 0 Å². The van der Waals surface area contributed by atoms with Crippen molar-refractivity contribution in [3.63, 3.8) is 0 Å². The van der Waals surface area contributed by atoms with Crippen molar-refractivity contribution in [2.24, 2.45) is 5.41 Å². The second-order valence-corrected chi connectivity index (χ2v) is 7.14. The maximum atomic E-state index is 12.7. The summed E-state index contributed by atoms with van der Waals surface area (Å²) in [5.74, 6) is 0. The highest BCUT2D eigenvalue weighted by atomic mass is 19.4. The lowest BCUT2D eigenvalue weighted by Gasteiger charge is -2.39. The van der Waals surface area contributed by atoms with E-state index in [1.807, 2.05) is 6.92 Å². The molecule has 0 bridgehead atoms. The van der Waals surface area contributed by atoms with Crippen LogP contribution in [0, 0.1) is 5.41 Å². The molecule has 0 rings (SSSR count). The summed E-state index contributed by atoms with van der Waals surface area (Å²) >= 11 is 0. The average molecular weight is 310 g/mol. The first-order valence-corrected chi connectivity index (χ1v) is 8.01. The highest BCUT2D eigenvalue weighted by Gasteiger charge is 2.35. The van der Waals surface area contributed by atoms with E-state index in [2.05, 4.69) is 39.9 Å². The number of alkyl halides is 3. The zero-order valence-electron chi connectivity index (χ0n) is 14.5. The van der Waals surface area contributed by atoms with Crippen LogP contribution in [0.2, 0.25) is 0 Å². The van der Waals surface area contributed by atoms with Crippen molar-refractivity contribution >= 4 is 0 Å². The van der Waals surface area contributed by atoms with Crippen molar-refractivity contribution in [1.82, 2.24) is 10.2 Å². The van der Waals surface area contributed by atoms with Crippen LogP contribution >= 0.6 is 0 Å². The third kappa shape index (κ3) is 9.35. The molecule has 0 amide bonds. The van der Waals surface area contributed by atoms with Gasteiger partial charge < -0.3 is 5.32 Å². The van der Waals surface area contributed by atoms with E-state index >= 15 is 0 Å². The molecule has 0 aromatic heterocycles. The van der Waals surface area contributed by atoms with Crippen molar-refractivity contribution in [2.75, 3.05) is 26.2 Å². The smallest absolute Gasteiger partial charge is 0.311 e. The highest BCUT2D eigenvalue weighted by Crippen LogP contribution is 2.29. The summed E-state index contributed by atoms with van der Waals surface area (Å²) < 4.78 is 38.2. The van der Waals surface area contributed by atoms with Gasteiger partial charge in [-0.25, -0.2) is 0 Å². The van der Waals surface area contributed by atoms with Gasteiger partial charge in [0.1, 0.15) is 0 Å². The van der Waals surface area contributed by atoms with Crippen LogP contribution in [0.15, 0.2) is 0 Å². The van der Waals surface area contributed by atoms with Crippen molar-refractivity contribution in [3.8, 4) is 0 Å². The van der Waals surface area contributed by atoms with E-state index in [1.54, 1.807) is 4.90 Å². The quantitative estimate of drug-likeness (QED) is 0.676. The molecule has 0 radical (unpaired) electrons. The van der Waals surface area contributed by atoms with Gasteiger partial charge in [0, 0.05) is 18.6 Å². The Hall–Kier alpha value is -0.290. The topological polar surface area (TPSA) is 15.3 Å². The van der Waals surface area contributed by atoms with Crippen LogP contribution in [0.3, 0.4) is 0 Å². The first-order chi connectivity index (χ1) is 9.47. The van der Waals surface area contributed by atoms with E-state index in [9.17, 15) is 13.2 Å². The minimum atomic E-state index is -4.13. The van der Waals surface area contributed by atoms with Crippen LogP contribution in [0.1, 0.15) is 60.8 Å². The van der Waals surface area contributed by atoms with Gasteiger partial charge in [0.2, 0.25) is 0 Å². The van der Waals surface area contributed by atoms with Crippen molar-refractivity contribution in [3.05, 3.63) is 0 Å². The minimum absolute atomic E-state index is 0.0186. The lowest BCUT2D eigenvalue weighted by molar-refractivity contribution is -0.149. The van der Waals surface area contributed by atoms with E-state index in [1.165, 1.54) is 0 Å². The molecule has 0 unspecified atom stereocenters. The first-order valence-electron chi connectivity index (χ1n) is 8.01. The van der Waals surface area contributed by atoms with Gasteiger partial charge >= 0.3 is 6.18 Å². The summed E-state index contributed by atoms with van der Waals surface area (Å²) in [5, 5.41) is 3.47. The molecule has 21 heavy (non-hydrogen) atoms. The van der Waals surface area contributed by atoms with E-state index in [4.69, 9.17) is 0 Å². The molecule has 0 aromatic carbocycles. The van der Waals surface area contributed by atoms with Crippen LogP contribution in [0.5, 0.6) is 0 Å². The highest BCUT2D eigenvalue weighted by molar-refractivity contribution is 4.86. The van der Waals surface area contributed by atoms with Gasteiger partial charge in [-0.05, 0) is 52.0 Å². The summed E-state index contributed by atoms with van der Waals surface area (Å²) in [6, 6.07) is 0. The molecule has 2 nitrogen and oxygen atoms in total. The van der Waals surface area contributed by atoms with Gasteiger partial charge in [0.05, 0.1) is 6.54 Å². The predicted octanol–water partition coefficient (Wildman–Crippen LogP) is 4.46. The molecule has 0 saturated carbocycles. The molecule has 0 atom stereocenters. The van der Waals surface area contributed by atoms with E-state index in [-0.39, 0.29) is 11.0 Å². The number of halogens is 3. The molecular weight excluding hydrogens is 277 g/mol. The number of hydrogen-bond acceptors (Lipinski definition) is 2. The van der Waals surface area contributed by atoms with E-state index in [0.29, 0.717) is 13.1 Å². The zero-order chi connectivity index (χ0) is 16.7. The van der Waals surface area contributed by atoms with E-state index < -0.39 is 12.7 Å². The molecule has 0 aliphatic carbocycles. The minimum Gasteiger partial charge on any atom is -0.311 e. The normalized spacial score (nSPS) is 14.0. The molecule has 0 aliphatic heterocycles. The first kappa shape index (κ1) is 20.7. The molecule has 0 aromatic rings. The SMILES string of the molecule is CCCN(CC(F)(F)F)CC(CC)(CC)CNC(C)(C)C. The van der Waals surface area contributed by atoms with Gasteiger partial charge in [-0.15, -0.1) is 0 Å². The Morgan fingerprint density at radius 3 is 1.76 bits per heavy atom. The Morgan fingerprint density at radius 2 is 1.43 bits per heavy atom. The monoisotopic (exact) mass is 310 g/mol. The molecule has 0 fully saturated rings. The standard InChI is InChI=1S/C16H33F3N2/c1-7-10-21(13-16(17,18)19)12-15(8-2,9-3)11-20-14(4,5)6/h20H,7-13H2,1-6H3. The third-order valence-electron chi connectivity index (χ3n) is 4.00. The van der Waals surface area contributed by atoms with Gasteiger partial charge in [-0.3, -0.25) is 4.90 Å². The predicted molar refractivity (Wildman–Crippen MR) is 83.6 cm³/mol. The second-order valence-electron chi connectivity index (χ2n) is 7.14. The van der Waals surface area contributed by atoms with Crippen LogP contribution in [-0.2, 0) is 0 Å². The molecular formula is C16H33F3N2. The summed E-state index contributed by atoms with van der Waals surface area (Å²) in [4.78, 5) is 1.57. The molecule has 128 valence electrons. The fourth-order valence-corrected chi connectivity index (χ4v) is 2.49. The molecule has 0 heterocycles. The largest absolute Gasteiger partial charge is 0.401 e. The lowest BCUT2D eigenvalue weighted by Crippen LogP contribution is -2.50. The lowest BCUT2D eigenvalue weighted by atomic mass is 9.81. The fourth-order valence-electron chi connectivity index (χ4n) is 2.49. The van der Waals surface area contributed by atoms with Crippen LogP contribution in [0.4, 0.5) is 13.2 Å². The summed E-state index contributed by atoms with van der Waals surface area (Å²) in [5.41, 5.74) is -0.122. The van der Waals surface area contributed by atoms with Crippen LogP contribution < -0.4 is 5.32 Å². The number of nitrogens with zero attached hydrogens (tertiary/aromatic N) is 1. The molecule has 1 N–H and O–H groups in total. The maximum Gasteiger partial charge on any atom is 0.401 e. The van der Waals surface area contributed by atoms with Gasteiger partial charge in [0.25, 0.3) is 0 Å². The maximum absolute atomic E-state index is 12.7. The van der Waals surface area contributed by atoms with Crippen molar-refractivity contribution < 1.29 is 13.2 Å². The molecule has 0 spiro atoms. The Kier molecular flexibility index (Phi) is 8.26. The van der Waals surface area contributed by atoms with Crippen molar-refractivity contribution in [2.45, 2.75) is 72.5 Å². The molecule has 5 heteroatoms. The Morgan fingerprint density at radius 1 is 0.905 bits per heavy atom. The molecule has 0 aliphatic rings. The number of nitrogens with one attached hydrogen (secondary N) is 1. The van der Waals surface area contributed by atoms with Crippen LogP contribution in [-0.4, -0.2) is 42.8 Å². The number of rotatable bonds is 9.